The molecule has 0 N–H and O–H groups in total. The average molecular weight is 251 g/mol. The molecule has 1 aromatic rings. The van der Waals surface area contributed by atoms with Crippen molar-refractivity contribution >= 4 is 17.2 Å². The van der Waals surface area contributed by atoms with Gasteiger partial charge in [-0.05, 0) is 37.3 Å². The van der Waals surface area contributed by atoms with Crippen LogP contribution in [0.5, 0.6) is 0 Å². The third-order valence-corrected chi connectivity index (χ3v) is 4.54. The molecule has 0 saturated carbocycles. The highest BCUT2D eigenvalue weighted by atomic mass is 32.1. The lowest BCUT2D eigenvalue weighted by Crippen LogP contribution is -2.27. The molecule has 0 bridgehead atoms. The number of carbonyl (C=O) groups is 1. The van der Waals surface area contributed by atoms with E-state index in [0.29, 0.717) is 5.92 Å². The Morgan fingerprint density at radius 2 is 2.35 bits per heavy atom. The quantitative estimate of drug-likeness (QED) is 0.805. The Morgan fingerprint density at radius 3 is 2.94 bits per heavy atom. The van der Waals surface area contributed by atoms with Crippen LogP contribution < -0.4 is 0 Å². The summed E-state index contributed by atoms with van der Waals surface area (Å²) in [6.45, 7) is 8.38. The highest BCUT2D eigenvalue weighted by molar-refractivity contribution is 7.14. The van der Waals surface area contributed by atoms with Crippen LogP contribution in [0.1, 0.15) is 46.8 Å². The van der Waals surface area contributed by atoms with E-state index < -0.39 is 0 Å². The van der Waals surface area contributed by atoms with E-state index in [2.05, 4.69) is 26.8 Å². The Morgan fingerprint density at radius 1 is 1.59 bits per heavy atom. The molecule has 2 heterocycles. The molecule has 1 unspecified atom stereocenters. The molecule has 3 heteroatoms. The van der Waals surface area contributed by atoms with Gasteiger partial charge in [-0.3, -0.25) is 4.79 Å². The standard InChI is InChI=1S/C14H21NOS/c1-4-5-12-8-13(17-11(12)3)14(16)15-7-6-10(2)9-15/h8,10H,4-7,9H2,1-3H3. The molecule has 2 nitrogen and oxygen atoms in total. The zero-order valence-electron chi connectivity index (χ0n) is 11.0. The highest BCUT2D eigenvalue weighted by Crippen LogP contribution is 2.26. The number of thiophene rings is 1. The van der Waals surface area contributed by atoms with Gasteiger partial charge in [0.25, 0.3) is 5.91 Å². The second kappa shape index (κ2) is 5.21. The molecule has 2 rings (SSSR count). The molecule has 1 aliphatic heterocycles. The molecule has 1 fully saturated rings. The fourth-order valence-corrected chi connectivity index (χ4v) is 3.46. The molecule has 1 saturated heterocycles. The number of hydrogen-bond acceptors (Lipinski definition) is 2. The van der Waals surface area contributed by atoms with Crippen molar-refractivity contribution in [3.05, 3.63) is 21.4 Å². The lowest BCUT2D eigenvalue weighted by Gasteiger charge is -2.14. The smallest absolute Gasteiger partial charge is 0.263 e. The van der Waals surface area contributed by atoms with Crippen LogP contribution in [0.15, 0.2) is 6.07 Å². The lowest BCUT2D eigenvalue weighted by molar-refractivity contribution is 0.0793. The van der Waals surface area contributed by atoms with Gasteiger partial charge in [0.2, 0.25) is 0 Å². The van der Waals surface area contributed by atoms with Crippen LogP contribution in [0.3, 0.4) is 0 Å². The van der Waals surface area contributed by atoms with E-state index in [9.17, 15) is 4.79 Å². The predicted octanol–water partition coefficient (Wildman–Crippen LogP) is 3.49. The van der Waals surface area contributed by atoms with Crippen LogP contribution in [0.25, 0.3) is 0 Å². The number of nitrogens with zero attached hydrogens (tertiary/aromatic N) is 1. The molecule has 0 aliphatic carbocycles. The van der Waals surface area contributed by atoms with Gasteiger partial charge in [0.05, 0.1) is 4.88 Å². The molecular formula is C14H21NOS. The average Bonchev–Trinajstić information content (AvgIpc) is 2.86. The van der Waals surface area contributed by atoms with Gasteiger partial charge in [-0.2, -0.15) is 0 Å². The third kappa shape index (κ3) is 2.71. The maximum atomic E-state index is 12.3. The van der Waals surface area contributed by atoms with E-state index in [1.165, 1.54) is 10.4 Å². The number of amides is 1. The van der Waals surface area contributed by atoms with Crippen molar-refractivity contribution in [1.82, 2.24) is 4.90 Å². The maximum Gasteiger partial charge on any atom is 0.263 e. The number of carbonyl (C=O) groups excluding carboxylic acids is 1. The minimum absolute atomic E-state index is 0.241. The first-order chi connectivity index (χ1) is 8.11. The van der Waals surface area contributed by atoms with Crippen LogP contribution in [0.4, 0.5) is 0 Å². The Balaban J connectivity index is 2.11. The van der Waals surface area contributed by atoms with Crippen molar-refractivity contribution in [3.8, 4) is 0 Å². The van der Waals surface area contributed by atoms with Gasteiger partial charge in [0, 0.05) is 18.0 Å². The topological polar surface area (TPSA) is 20.3 Å². The van der Waals surface area contributed by atoms with E-state index in [4.69, 9.17) is 0 Å². The summed E-state index contributed by atoms with van der Waals surface area (Å²) >= 11 is 1.66. The molecule has 1 atom stereocenters. The van der Waals surface area contributed by atoms with Crippen LogP contribution in [-0.4, -0.2) is 23.9 Å². The number of rotatable bonds is 3. The van der Waals surface area contributed by atoms with Crippen LogP contribution in [0.2, 0.25) is 0 Å². The van der Waals surface area contributed by atoms with Crippen molar-refractivity contribution < 1.29 is 4.79 Å². The third-order valence-electron chi connectivity index (χ3n) is 3.46. The van der Waals surface area contributed by atoms with Gasteiger partial charge in [-0.25, -0.2) is 0 Å². The van der Waals surface area contributed by atoms with Crippen LogP contribution >= 0.6 is 11.3 Å². The fraction of sp³-hybridized carbons (Fsp3) is 0.643. The van der Waals surface area contributed by atoms with Crippen molar-refractivity contribution in [1.29, 1.82) is 0 Å². The first-order valence-electron chi connectivity index (χ1n) is 6.50. The summed E-state index contributed by atoms with van der Waals surface area (Å²) in [5.41, 5.74) is 1.35. The summed E-state index contributed by atoms with van der Waals surface area (Å²) in [6, 6.07) is 2.11. The van der Waals surface area contributed by atoms with Gasteiger partial charge in [-0.15, -0.1) is 11.3 Å². The fourth-order valence-electron chi connectivity index (χ4n) is 2.42. The van der Waals surface area contributed by atoms with Crippen LogP contribution in [-0.2, 0) is 6.42 Å². The molecular weight excluding hydrogens is 230 g/mol. The number of aryl methyl sites for hydroxylation is 2. The zero-order valence-corrected chi connectivity index (χ0v) is 11.8. The number of likely N-dealkylation sites (tertiary alicyclic amines) is 1. The minimum Gasteiger partial charge on any atom is -0.338 e. The summed E-state index contributed by atoms with van der Waals surface area (Å²) < 4.78 is 0. The molecule has 17 heavy (non-hydrogen) atoms. The second-order valence-corrected chi connectivity index (χ2v) is 6.34. The Hall–Kier alpha value is -0.830. The van der Waals surface area contributed by atoms with E-state index in [1.54, 1.807) is 11.3 Å². The van der Waals surface area contributed by atoms with Crippen molar-refractivity contribution in [2.75, 3.05) is 13.1 Å². The van der Waals surface area contributed by atoms with Gasteiger partial charge in [-0.1, -0.05) is 20.3 Å². The highest BCUT2D eigenvalue weighted by Gasteiger charge is 2.25. The van der Waals surface area contributed by atoms with Crippen LogP contribution in [0, 0.1) is 12.8 Å². The normalized spacial score (nSPS) is 19.9. The first-order valence-corrected chi connectivity index (χ1v) is 7.32. The maximum absolute atomic E-state index is 12.3. The Bertz CT molecular complexity index is 410. The molecule has 1 aromatic heterocycles. The summed E-state index contributed by atoms with van der Waals surface area (Å²) in [4.78, 5) is 16.5. The Labute approximate surface area is 108 Å². The predicted molar refractivity (Wildman–Crippen MR) is 72.7 cm³/mol. The van der Waals surface area contributed by atoms with Gasteiger partial charge < -0.3 is 4.90 Å². The molecule has 94 valence electrons. The monoisotopic (exact) mass is 251 g/mol. The van der Waals surface area contributed by atoms with E-state index in [0.717, 1.165) is 37.2 Å². The van der Waals surface area contributed by atoms with Crippen molar-refractivity contribution in [2.45, 2.75) is 40.0 Å². The molecule has 1 aliphatic rings. The van der Waals surface area contributed by atoms with Crippen molar-refractivity contribution in [3.63, 3.8) is 0 Å². The van der Waals surface area contributed by atoms with E-state index in [1.807, 2.05) is 4.90 Å². The minimum atomic E-state index is 0.241. The lowest BCUT2D eigenvalue weighted by atomic mass is 10.1. The molecule has 0 aromatic carbocycles. The second-order valence-electron chi connectivity index (χ2n) is 5.09. The molecule has 0 radical (unpaired) electrons. The largest absolute Gasteiger partial charge is 0.338 e. The summed E-state index contributed by atoms with van der Waals surface area (Å²) in [6.07, 6.45) is 3.38. The summed E-state index contributed by atoms with van der Waals surface area (Å²) in [7, 11) is 0. The van der Waals surface area contributed by atoms with Gasteiger partial charge >= 0.3 is 0 Å². The first kappa shape index (κ1) is 12.6. The van der Waals surface area contributed by atoms with Gasteiger partial charge in [0.15, 0.2) is 0 Å². The summed E-state index contributed by atoms with van der Waals surface area (Å²) in [5.74, 6) is 0.903. The van der Waals surface area contributed by atoms with E-state index in [-0.39, 0.29) is 5.91 Å². The summed E-state index contributed by atoms with van der Waals surface area (Å²) in [5, 5.41) is 0. The number of hydrogen-bond donors (Lipinski definition) is 0. The van der Waals surface area contributed by atoms with E-state index >= 15 is 0 Å². The molecule has 0 spiro atoms. The van der Waals surface area contributed by atoms with Crippen molar-refractivity contribution in [2.24, 2.45) is 5.92 Å². The molecule has 1 amide bonds. The van der Waals surface area contributed by atoms with Gasteiger partial charge in [0.1, 0.15) is 0 Å². The Kier molecular flexibility index (Phi) is 3.87. The zero-order chi connectivity index (χ0) is 12.4. The SMILES string of the molecule is CCCc1cc(C(=O)N2CCC(C)C2)sc1C.